The Bertz CT molecular complexity index is 667. The number of H-pyrrole nitrogens is 1. The molecule has 2 heterocycles. The van der Waals surface area contributed by atoms with Crippen LogP contribution >= 0.6 is 0 Å². The first kappa shape index (κ1) is 14.5. The Morgan fingerprint density at radius 3 is 2.68 bits per heavy atom. The van der Waals surface area contributed by atoms with Crippen molar-refractivity contribution < 1.29 is 4.74 Å². The maximum absolute atomic E-state index is 11.8. The molecule has 2 N–H and O–H groups in total. The first-order chi connectivity index (χ1) is 10.7. The normalized spacial score (nSPS) is 16.3. The second kappa shape index (κ2) is 6.57. The molecule has 0 aliphatic carbocycles. The van der Waals surface area contributed by atoms with E-state index >= 15 is 0 Å². The van der Waals surface area contributed by atoms with Crippen LogP contribution in [0.5, 0.6) is 0 Å². The van der Waals surface area contributed by atoms with Crippen LogP contribution in [0.15, 0.2) is 35.1 Å². The number of aromatic nitrogens is 3. The molecular formula is C15H19N5O2. The molecule has 7 nitrogen and oxygen atoms in total. The largest absolute Gasteiger partial charge is 0.378 e. The molecule has 1 aromatic carbocycles. The van der Waals surface area contributed by atoms with E-state index < -0.39 is 5.69 Å². The van der Waals surface area contributed by atoms with E-state index in [2.05, 4.69) is 20.3 Å². The monoisotopic (exact) mass is 301 g/mol. The third-order valence-electron chi connectivity index (χ3n) is 3.59. The quantitative estimate of drug-likeness (QED) is 0.882. The van der Waals surface area contributed by atoms with Gasteiger partial charge in [-0.05, 0) is 12.5 Å². The Labute approximate surface area is 128 Å². The van der Waals surface area contributed by atoms with E-state index in [1.165, 1.54) is 0 Å². The second-order valence-corrected chi connectivity index (χ2v) is 5.18. The van der Waals surface area contributed by atoms with Crippen molar-refractivity contribution in [3.05, 3.63) is 46.4 Å². The van der Waals surface area contributed by atoms with Gasteiger partial charge in [-0.25, -0.2) is 4.79 Å². The number of nitrogens with one attached hydrogen (secondary N) is 2. The molecule has 7 heteroatoms. The molecule has 116 valence electrons. The molecule has 2 aromatic rings. The van der Waals surface area contributed by atoms with Crippen LogP contribution in [-0.2, 0) is 4.74 Å². The van der Waals surface area contributed by atoms with Crippen LogP contribution in [0, 0.1) is 0 Å². The van der Waals surface area contributed by atoms with E-state index in [1.54, 1.807) is 0 Å². The van der Waals surface area contributed by atoms with Gasteiger partial charge in [-0.3, -0.25) is 4.98 Å². The fraction of sp³-hybridized carbons (Fsp3) is 0.400. The number of benzene rings is 1. The molecule has 0 saturated carbocycles. The van der Waals surface area contributed by atoms with Crippen LogP contribution in [0.25, 0.3) is 0 Å². The molecule has 0 bridgehead atoms. The van der Waals surface area contributed by atoms with Gasteiger partial charge in [0.15, 0.2) is 0 Å². The lowest BCUT2D eigenvalue weighted by molar-refractivity contribution is 0.122. The van der Waals surface area contributed by atoms with Gasteiger partial charge >= 0.3 is 5.69 Å². The van der Waals surface area contributed by atoms with Gasteiger partial charge in [0.05, 0.1) is 19.3 Å². The van der Waals surface area contributed by atoms with E-state index in [1.807, 2.05) is 42.2 Å². The Hall–Kier alpha value is -2.41. The van der Waals surface area contributed by atoms with E-state index in [9.17, 15) is 4.79 Å². The van der Waals surface area contributed by atoms with Gasteiger partial charge in [0.25, 0.3) is 0 Å². The molecule has 1 aliphatic rings. The highest BCUT2D eigenvalue weighted by Crippen LogP contribution is 2.17. The summed E-state index contributed by atoms with van der Waals surface area (Å²) in [4.78, 5) is 24.7. The molecule has 0 spiro atoms. The van der Waals surface area contributed by atoms with Gasteiger partial charge in [0.2, 0.25) is 11.9 Å². The summed E-state index contributed by atoms with van der Waals surface area (Å²) in [5.41, 5.74) is 0.717. The summed E-state index contributed by atoms with van der Waals surface area (Å²) in [6.45, 7) is 4.65. The lowest BCUT2D eigenvalue weighted by atomic mass is 10.1. The molecule has 0 radical (unpaired) electrons. The van der Waals surface area contributed by atoms with Gasteiger partial charge in [-0.15, -0.1) is 0 Å². The zero-order valence-electron chi connectivity index (χ0n) is 12.5. The predicted octanol–water partition coefficient (Wildman–Crippen LogP) is 1.17. The van der Waals surface area contributed by atoms with E-state index in [4.69, 9.17) is 4.74 Å². The van der Waals surface area contributed by atoms with Crippen LogP contribution < -0.4 is 15.9 Å². The number of rotatable bonds is 4. The van der Waals surface area contributed by atoms with Crippen molar-refractivity contribution in [3.63, 3.8) is 0 Å². The molecule has 0 unspecified atom stereocenters. The fourth-order valence-electron chi connectivity index (χ4n) is 2.38. The summed E-state index contributed by atoms with van der Waals surface area (Å²) in [5.74, 6) is 0.868. The number of ether oxygens (including phenoxy) is 1. The average Bonchev–Trinajstić information content (AvgIpc) is 2.56. The number of hydrogen-bond acceptors (Lipinski definition) is 6. The SMILES string of the molecule is C[C@@H](Nc1nc(N2CCOCC2)nc(=O)[nH]1)c1ccccc1. The summed E-state index contributed by atoms with van der Waals surface area (Å²) in [6.07, 6.45) is 0. The van der Waals surface area contributed by atoms with Crippen molar-refractivity contribution in [1.82, 2.24) is 15.0 Å². The molecule has 3 rings (SSSR count). The van der Waals surface area contributed by atoms with Gasteiger partial charge in [-0.2, -0.15) is 9.97 Å². The highest BCUT2D eigenvalue weighted by atomic mass is 16.5. The summed E-state index contributed by atoms with van der Waals surface area (Å²) in [6, 6.07) is 10.0. The number of hydrogen-bond donors (Lipinski definition) is 2. The first-order valence-corrected chi connectivity index (χ1v) is 7.35. The first-order valence-electron chi connectivity index (χ1n) is 7.35. The summed E-state index contributed by atoms with van der Waals surface area (Å²) in [7, 11) is 0. The topological polar surface area (TPSA) is 83.1 Å². The van der Waals surface area contributed by atoms with Crippen molar-refractivity contribution >= 4 is 11.9 Å². The third kappa shape index (κ3) is 3.43. The van der Waals surface area contributed by atoms with E-state index in [0.29, 0.717) is 38.2 Å². The number of morpholine rings is 1. The maximum atomic E-state index is 11.8. The summed E-state index contributed by atoms with van der Waals surface area (Å²) in [5, 5.41) is 3.21. The van der Waals surface area contributed by atoms with Gasteiger partial charge in [0, 0.05) is 13.1 Å². The van der Waals surface area contributed by atoms with Crippen molar-refractivity contribution in [3.8, 4) is 0 Å². The van der Waals surface area contributed by atoms with Crippen molar-refractivity contribution in [2.24, 2.45) is 0 Å². The zero-order valence-corrected chi connectivity index (χ0v) is 12.5. The van der Waals surface area contributed by atoms with Gasteiger partial charge in [0.1, 0.15) is 0 Å². The lowest BCUT2D eigenvalue weighted by Gasteiger charge is -2.26. The predicted molar refractivity (Wildman–Crippen MR) is 84.2 cm³/mol. The minimum Gasteiger partial charge on any atom is -0.378 e. The molecular weight excluding hydrogens is 282 g/mol. The van der Waals surface area contributed by atoms with Gasteiger partial charge in [-0.1, -0.05) is 30.3 Å². The highest BCUT2D eigenvalue weighted by molar-refractivity contribution is 5.38. The summed E-state index contributed by atoms with van der Waals surface area (Å²) < 4.78 is 5.31. The molecule has 1 saturated heterocycles. The fourth-order valence-corrected chi connectivity index (χ4v) is 2.38. The van der Waals surface area contributed by atoms with E-state index in [0.717, 1.165) is 5.56 Å². The Kier molecular flexibility index (Phi) is 4.34. The molecule has 0 amide bonds. The second-order valence-electron chi connectivity index (χ2n) is 5.18. The molecule has 1 aliphatic heterocycles. The van der Waals surface area contributed by atoms with Crippen molar-refractivity contribution in [2.45, 2.75) is 13.0 Å². The van der Waals surface area contributed by atoms with E-state index in [-0.39, 0.29) is 6.04 Å². The minimum atomic E-state index is -0.403. The summed E-state index contributed by atoms with van der Waals surface area (Å²) >= 11 is 0. The third-order valence-corrected chi connectivity index (χ3v) is 3.59. The standard InChI is InChI=1S/C15H19N5O2/c1-11(12-5-3-2-4-6-12)16-13-17-14(19-15(21)18-13)20-7-9-22-10-8-20/h2-6,11H,7-10H2,1H3,(H2,16,17,18,19,21)/t11-/m1/s1. The molecule has 1 atom stereocenters. The molecule has 1 aromatic heterocycles. The number of aromatic amines is 1. The minimum absolute atomic E-state index is 0.0317. The average molecular weight is 301 g/mol. The van der Waals surface area contributed by atoms with Crippen molar-refractivity contribution in [1.29, 1.82) is 0 Å². The number of anilines is 2. The number of nitrogens with zero attached hydrogens (tertiary/aromatic N) is 3. The Morgan fingerprint density at radius 2 is 1.95 bits per heavy atom. The van der Waals surface area contributed by atoms with Crippen LogP contribution in [0.4, 0.5) is 11.9 Å². The van der Waals surface area contributed by atoms with Gasteiger partial charge < -0.3 is 15.0 Å². The van der Waals surface area contributed by atoms with Crippen LogP contribution in [0.3, 0.4) is 0 Å². The molecule has 22 heavy (non-hydrogen) atoms. The maximum Gasteiger partial charge on any atom is 0.350 e. The van der Waals surface area contributed by atoms with Crippen LogP contribution in [-0.4, -0.2) is 41.3 Å². The Morgan fingerprint density at radius 1 is 1.23 bits per heavy atom. The zero-order chi connectivity index (χ0) is 15.4. The highest BCUT2D eigenvalue weighted by Gasteiger charge is 2.16. The lowest BCUT2D eigenvalue weighted by Crippen LogP contribution is -2.38. The van der Waals surface area contributed by atoms with Crippen LogP contribution in [0.1, 0.15) is 18.5 Å². The van der Waals surface area contributed by atoms with Crippen LogP contribution in [0.2, 0.25) is 0 Å². The van der Waals surface area contributed by atoms with Crippen molar-refractivity contribution in [2.75, 3.05) is 36.5 Å². The smallest absolute Gasteiger partial charge is 0.350 e. The molecule has 1 fully saturated rings. The Balaban J connectivity index is 1.79.